The van der Waals surface area contributed by atoms with E-state index in [1.54, 1.807) is 11.9 Å². The summed E-state index contributed by atoms with van der Waals surface area (Å²) in [6, 6.07) is 17.1. The highest BCUT2D eigenvalue weighted by Crippen LogP contribution is 2.22. The predicted octanol–water partition coefficient (Wildman–Crippen LogP) is 3.21. The lowest BCUT2D eigenvalue weighted by Gasteiger charge is -2.28. The van der Waals surface area contributed by atoms with Crippen LogP contribution in [0, 0.1) is 6.92 Å². The first-order valence-corrected chi connectivity index (χ1v) is 7.14. The number of hydrogen-bond donors (Lipinski definition) is 1. The van der Waals surface area contributed by atoms with Gasteiger partial charge in [0.2, 0.25) is 5.91 Å². The summed E-state index contributed by atoms with van der Waals surface area (Å²) in [5.74, 6) is -0.0739. The number of carbonyl (C=O) groups excluding carboxylic acids is 1. The van der Waals surface area contributed by atoms with Gasteiger partial charge >= 0.3 is 0 Å². The summed E-state index contributed by atoms with van der Waals surface area (Å²) in [7, 11) is 1.80. The smallest absolute Gasteiger partial charge is 0.244 e. The lowest BCUT2D eigenvalue weighted by atomic mass is 10.0. The van der Waals surface area contributed by atoms with E-state index in [2.05, 4.69) is 0 Å². The minimum atomic E-state index is -0.623. The van der Waals surface area contributed by atoms with Gasteiger partial charge in [-0.3, -0.25) is 4.79 Å². The standard InChI is InChI=1S/C18H22N2O/c1-13-9-11-16(12-10-13)17(19)18(21)20(3)14(2)15-7-5-4-6-8-15/h4-12,14,17H,19H2,1-3H3. The fourth-order valence-corrected chi connectivity index (χ4v) is 2.28. The first-order valence-electron chi connectivity index (χ1n) is 7.14. The average Bonchev–Trinajstić information content (AvgIpc) is 2.53. The van der Waals surface area contributed by atoms with Gasteiger partial charge in [0.25, 0.3) is 0 Å². The second-order valence-corrected chi connectivity index (χ2v) is 5.42. The molecule has 2 aromatic carbocycles. The van der Waals surface area contributed by atoms with Crippen molar-refractivity contribution < 1.29 is 4.79 Å². The van der Waals surface area contributed by atoms with Crippen molar-refractivity contribution in [3.8, 4) is 0 Å². The molecular weight excluding hydrogens is 260 g/mol. The zero-order chi connectivity index (χ0) is 15.4. The first-order chi connectivity index (χ1) is 10.0. The largest absolute Gasteiger partial charge is 0.337 e. The molecule has 2 N–H and O–H groups in total. The molecule has 0 saturated heterocycles. The SMILES string of the molecule is Cc1ccc(C(N)C(=O)N(C)C(C)c2ccccc2)cc1. The van der Waals surface area contributed by atoms with Crippen molar-refractivity contribution in [3.63, 3.8) is 0 Å². The number of likely N-dealkylation sites (N-methyl/N-ethyl adjacent to an activating group) is 1. The van der Waals surface area contributed by atoms with Crippen LogP contribution in [-0.4, -0.2) is 17.9 Å². The molecule has 0 aromatic heterocycles. The third-order valence-electron chi connectivity index (χ3n) is 3.91. The van der Waals surface area contributed by atoms with Crippen LogP contribution in [0.5, 0.6) is 0 Å². The summed E-state index contributed by atoms with van der Waals surface area (Å²) in [5.41, 5.74) is 9.22. The van der Waals surface area contributed by atoms with Crippen molar-refractivity contribution in [2.45, 2.75) is 25.9 Å². The van der Waals surface area contributed by atoms with Gasteiger partial charge in [-0.1, -0.05) is 60.2 Å². The van der Waals surface area contributed by atoms with E-state index in [1.165, 1.54) is 0 Å². The lowest BCUT2D eigenvalue weighted by molar-refractivity contribution is -0.133. The van der Waals surface area contributed by atoms with Crippen molar-refractivity contribution in [1.82, 2.24) is 4.90 Å². The Labute approximate surface area is 126 Å². The van der Waals surface area contributed by atoms with E-state index in [1.807, 2.05) is 68.4 Å². The number of hydrogen-bond acceptors (Lipinski definition) is 2. The Balaban J connectivity index is 2.13. The second-order valence-electron chi connectivity index (χ2n) is 5.42. The molecule has 0 saturated carbocycles. The zero-order valence-corrected chi connectivity index (χ0v) is 12.8. The third kappa shape index (κ3) is 3.50. The lowest BCUT2D eigenvalue weighted by Crippen LogP contribution is -2.37. The predicted molar refractivity (Wildman–Crippen MR) is 85.7 cm³/mol. The summed E-state index contributed by atoms with van der Waals surface area (Å²) >= 11 is 0. The van der Waals surface area contributed by atoms with Gasteiger partial charge in [0.05, 0.1) is 6.04 Å². The van der Waals surface area contributed by atoms with Crippen molar-refractivity contribution in [3.05, 3.63) is 71.3 Å². The van der Waals surface area contributed by atoms with E-state index < -0.39 is 6.04 Å². The molecule has 2 atom stereocenters. The second kappa shape index (κ2) is 6.55. The normalized spacial score (nSPS) is 13.5. The fraction of sp³-hybridized carbons (Fsp3) is 0.278. The van der Waals surface area contributed by atoms with Crippen molar-refractivity contribution in [1.29, 1.82) is 0 Å². The maximum Gasteiger partial charge on any atom is 0.244 e. The number of benzene rings is 2. The topological polar surface area (TPSA) is 46.3 Å². The molecule has 2 rings (SSSR count). The van der Waals surface area contributed by atoms with Gasteiger partial charge in [0.15, 0.2) is 0 Å². The van der Waals surface area contributed by atoms with E-state index in [0.717, 1.165) is 16.7 Å². The van der Waals surface area contributed by atoms with Crippen LogP contribution in [0.2, 0.25) is 0 Å². The molecule has 2 aromatic rings. The van der Waals surface area contributed by atoms with Crippen LogP contribution in [0.4, 0.5) is 0 Å². The number of amides is 1. The molecule has 0 aliphatic rings. The molecular formula is C18H22N2O. The summed E-state index contributed by atoms with van der Waals surface area (Å²) in [6.07, 6.45) is 0. The van der Waals surface area contributed by atoms with E-state index in [9.17, 15) is 4.79 Å². The summed E-state index contributed by atoms with van der Waals surface area (Å²) in [4.78, 5) is 14.3. The molecule has 3 heteroatoms. The maximum atomic E-state index is 12.5. The van der Waals surface area contributed by atoms with Crippen LogP contribution in [-0.2, 0) is 4.79 Å². The first kappa shape index (κ1) is 15.3. The average molecular weight is 282 g/mol. The fourth-order valence-electron chi connectivity index (χ4n) is 2.28. The van der Waals surface area contributed by atoms with E-state index in [4.69, 9.17) is 5.73 Å². The van der Waals surface area contributed by atoms with Gasteiger partial charge in [0, 0.05) is 7.05 Å². The molecule has 0 fully saturated rings. The Hall–Kier alpha value is -2.13. The Morgan fingerprint density at radius 2 is 1.57 bits per heavy atom. The molecule has 0 bridgehead atoms. The quantitative estimate of drug-likeness (QED) is 0.936. The number of rotatable bonds is 4. The highest BCUT2D eigenvalue weighted by atomic mass is 16.2. The zero-order valence-electron chi connectivity index (χ0n) is 12.8. The van der Waals surface area contributed by atoms with Crippen LogP contribution >= 0.6 is 0 Å². The van der Waals surface area contributed by atoms with Crippen LogP contribution in [0.3, 0.4) is 0 Å². The van der Waals surface area contributed by atoms with Gasteiger partial charge in [-0.05, 0) is 25.0 Å². The molecule has 0 radical (unpaired) electrons. The molecule has 3 nitrogen and oxygen atoms in total. The molecule has 0 heterocycles. The molecule has 2 unspecified atom stereocenters. The molecule has 1 amide bonds. The third-order valence-corrected chi connectivity index (χ3v) is 3.91. The van der Waals surface area contributed by atoms with E-state index in [0.29, 0.717) is 0 Å². The van der Waals surface area contributed by atoms with Crippen LogP contribution in [0.25, 0.3) is 0 Å². The Bertz CT molecular complexity index is 592. The van der Waals surface area contributed by atoms with Gasteiger partial charge in [-0.25, -0.2) is 0 Å². The molecule has 0 aliphatic heterocycles. The summed E-state index contributed by atoms with van der Waals surface area (Å²) in [5, 5.41) is 0. The Morgan fingerprint density at radius 1 is 1.00 bits per heavy atom. The molecule has 0 aliphatic carbocycles. The summed E-state index contributed by atoms with van der Waals surface area (Å²) < 4.78 is 0. The van der Waals surface area contributed by atoms with E-state index in [-0.39, 0.29) is 11.9 Å². The highest BCUT2D eigenvalue weighted by molar-refractivity contribution is 5.83. The van der Waals surface area contributed by atoms with Gasteiger partial charge in [-0.2, -0.15) is 0 Å². The van der Waals surface area contributed by atoms with Crippen LogP contribution in [0.1, 0.15) is 35.7 Å². The van der Waals surface area contributed by atoms with Crippen LogP contribution < -0.4 is 5.73 Å². The van der Waals surface area contributed by atoms with Crippen LogP contribution in [0.15, 0.2) is 54.6 Å². The molecule has 21 heavy (non-hydrogen) atoms. The molecule has 0 spiro atoms. The minimum Gasteiger partial charge on any atom is -0.337 e. The number of carbonyl (C=O) groups is 1. The number of nitrogens with zero attached hydrogens (tertiary/aromatic N) is 1. The van der Waals surface area contributed by atoms with Crippen molar-refractivity contribution >= 4 is 5.91 Å². The number of aryl methyl sites for hydroxylation is 1. The maximum absolute atomic E-state index is 12.5. The van der Waals surface area contributed by atoms with Gasteiger partial charge in [-0.15, -0.1) is 0 Å². The number of nitrogens with two attached hydrogens (primary N) is 1. The summed E-state index contributed by atoms with van der Waals surface area (Å²) in [6.45, 7) is 4.02. The Kier molecular flexibility index (Phi) is 4.76. The van der Waals surface area contributed by atoms with Crippen molar-refractivity contribution in [2.75, 3.05) is 7.05 Å². The van der Waals surface area contributed by atoms with E-state index >= 15 is 0 Å². The minimum absolute atomic E-state index is 0.00445. The van der Waals surface area contributed by atoms with Gasteiger partial charge < -0.3 is 10.6 Å². The monoisotopic (exact) mass is 282 g/mol. The molecule has 110 valence electrons. The van der Waals surface area contributed by atoms with Crippen molar-refractivity contribution in [2.24, 2.45) is 5.73 Å². The van der Waals surface area contributed by atoms with Gasteiger partial charge in [0.1, 0.15) is 6.04 Å². The highest BCUT2D eigenvalue weighted by Gasteiger charge is 2.23. The Morgan fingerprint density at radius 3 is 2.14 bits per heavy atom.